The van der Waals surface area contributed by atoms with Crippen LogP contribution in [-0.4, -0.2) is 29.2 Å². The van der Waals surface area contributed by atoms with E-state index in [1.165, 1.54) is 12.1 Å². The van der Waals surface area contributed by atoms with E-state index in [1.54, 1.807) is 12.1 Å². The zero-order chi connectivity index (χ0) is 11.5. The van der Waals surface area contributed by atoms with Crippen LogP contribution in [0.5, 0.6) is 0 Å². The number of nitrogens with zero attached hydrogens (tertiary/aromatic N) is 2. The summed E-state index contributed by atoms with van der Waals surface area (Å²) < 4.78 is 0. The quantitative estimate of drug-likeness (QED) is 0.622. The van der Waals surface area contributed by atoms with Crippen molar-refractivity contribution in [3.63, 3.8) is 0 Å². The van der Waals surface area contributed by atoms with Gasteiger partial charge in [-0.25, -0.2) is 0 Å². The number of nitro groups is 1. The second-order valence-electron chi connectivity index (χ2n) is 3.95. The zero-order valence-electron chi connectivity index (χ0n) is 8.87. The van der Waals surface area contributed by atoms with Gasteiger partial charge in [-0.05, 0) is 25.0 Å². The van der Waals surface area contributed by atoms with Crippen molar-refractivity contribution in [1.29, 1.82) is 0 Å². The molecule has 1 aliphatic heterocycles. The summed E-state index contributed by atoms with van der Waals surface area (Å²) >= 11 is 0. The van der Waals surface area contributed by atoms with E-state index in [0.29, 0.717) is 0 Å². The molecule has 1 saturated heterocycles. The Bertz CT molecular complexity index is 377. The number of aliphatic hydroxyl groups is 1. The Morgan fingerprint density at radius 3 is 2.69 bits per heavy atom. The number of hydrogen-bond donors (Lipinski definition) is 1. The molecule has 0 aliphatic carbocycles. The number of non-ortho nitro benzene ring substituents is 1. The molecule has 0 bridgehead atoms. The number of anilines is 1. The Kier molecular flexibility index (Phi) is 3.05. The summed E-state index contributed by atoms with van der Waals surface area (Å²) in [5.74, 6) is 0. The maximum atomic E-state index is 10.5. The van der Waals surface area contributed by atoms with Crippen molar-refractivity contribution in [2.75, 3.05) is 18.1 Å². The fourth-order valence-electron chi connectivity index (χ4n) is 2.13. The molecule has 1 aliphatic rings. The predicted octanol–water partition coefficient (Wildman–Crippen LogP) is 1.56. The van der Waals surface area contributed by atoms with Crippen LogP contribution in [0.15, 0.2) is 24.3 Å². The van der Waals surface area contributed by atoms with Crippen LogP contribution in [0, 0.1) is 10.1 Å². The smallest absolute Gasteiger partial charge is 0.269 e. The second-order valence-corrected chi connectivity index (χ2v) is 3.95. The van der Waals surface area contributed by atoms with Crippen LogP contribution in [0.25, 0.3) is 0 Å². The minimum Gasteiger partial charge on any atom is -0.394 e. The molecule has 1 aromatic carbocycles. The maximum Gasteiger partial charge on any atom is 0.269 e. The van der Waals surface area contributed by atoms with E-state index in [1.807, 2.05) is 0 Å². The molecule has 0 amide bonds. The molecule has 1 N–H and O–H groups in total. The third kappa shape index (κ3) is 1.99. The first kappa shape index (κ1) is 10.9. The molecule has 0 spiro atoms. The van der Waals surface area contributed by atoms with Crippen molar-refractivity contribution in [2.45, 2.75) is 18.9 Å². The van der Waals surface area contributed by atoms with E-state index < -0.39 is 4.92 Å². The molecule has 1 aromatic rings. The SMILES string of the molecule is O=[N+]([O-])c1ccc(N2CCCC2CO)cc1. The van der Waals surface area contributed by atoms with Crippen molar-refractivity contribution in [3.8, 4) is 0 Å². The van der Waals surface area contributed by atoms with Gasteiger partial charge in [-0.2, -0.15) is 0 Å². The molecule has 0 radical (unpaired) electrons. The summed E-state index contributed by atoms with van der Waals surface area (Å²) in [6.07, 6.45) is 2.04. The van der Waals surface area contributed by atoms with Crippen LogP contribution < -0.4 is 4.90 Å². The minimum absolute atomic E-state index is 0.100. The predicted molar refractivity (Wildman–Crippen MR) is 60.6 cm³/mol. The van der Waals surface area contributed by atoms with E-state index in [2.05, 4.69) is 4.90 Å². The van der Waals surface area contributed by atoms with E-state index in [9.17, 15) is 15.2 Å². The third-order valence-corrected chi connectivity index (χ3v) is 2.98. The number of aliphatic hydroxyl groups excluding tert-OH is 1. The number of hydrogen-bond acceptors (Lipinski definition) is 4. The van der Waals surface area contributed by atoms with E-state index in [-0.39, 0.29) is 18.3 Å². The van der Waals surface area contributed by atoms with Gasteiger partial charge in [-0.1, -0.05) is 0 Å². The van der Waals surface area contributed by atoms with Crippen LogP contribution in [-0.2, 0) is 0 Å². The fourth-order valence-corrected chi connectivity index (χ4v) is 2.13. The van der Waals surface area contributed by atoms with Gasteiger partial charge in [0.05, 0.1) is 17.6 Å². The Balaban J connectivity index is 2.18. The van der Waals surface area contributed by atoms with Crippen LogP contribution >= 0.6 is 0 Å². The van der Waals surface area contributed by atoms with Crippen LogP contribution in [0.3, 0.4) is 0 Å². The zero-order valence-corrected chi connectivity index (χ0v) is 8.87. The van der Waals surface area contributed by atoms with Crippen molar-refractivity contribution < 1.29 is 10.0 Å². The van der Waals surface area contributed by atoms with Gasteiger partial charge < -0.3 is 10.0 Å². The molecule has 86 valence electrons. The monoisotopic (exact) mass is 222 g/mol. The molecule has 0 saturated carbocycles. The molecule has 1 unspecified atom stereocenters. The Hall–Kier alpha value is -1.62. The van der Waals surface area contributed by atoms with E-state index in [0.717, 1.165) is 25.1 Å². The summed E-state index contributed by atoms with van der Waals surface area (Å²) in [4.78, 5) is 12.2. The maximum absolute atomic E-state index is 10.5. The first-order valence-corrected chi connectivity index (χ1v) is 5.34. The molecule has 5 nitrogen and oxygen atoms in total. The highest BCUT2D eigenvalue weighted by Crippen LogP contribution is 2.26. The molecule has 16 heavy (non-hydrogen) atoms. The molecule has 5 heteroatoms. The molecule has 1 heterocycles. The summed E-state index contributed by atoms with van der Waals surface area (Å²) in [5, 5.41) is 19.7. The molecule has 1 fully saturated rings. The average molecular weight is 222 g/mol. The van der Waals surface area contributed by atoms with Crippen LogP contribution in [0.4, 0.5) is 11.4 Å². The molecular formula is C11H14N2O3. The lowest BCUT2D eigenvalue weighted by molar-refractivity contribution is -0.384. The number of benzene rings is 1. The highest BCUT2D eigenvalue weighted by molar-refractivity contribution is 5.52. The molecule has 0 aromatic heterocycles. The van der Waals surface area contributed by atoms with Crippen molar-refractivity contribution in [1.82, 2.24) is 0 Å². The number of nitro benzene ring substituents is 1. The van der Waals surface area contributed by atoms with Gasteiger partial charge in [-0.15, -0.1) is 0 Å². The first-order valence-electron chi connectivity index (χ1n) is 5.34. The molecule has 1 atom stereocenters. The van der Waals surface area contributed by atoms with Crippen LogP contribution in [0.1, 0.15) is 12.8 Å². The lowest BCUT2D eigenvalue weighted by atomic mass is 10.2. The number of rotatable bonds is 3. The topological polar surface area (TPSA) is 66.6 Å². The lowest BCUT2D eigenvalue weighted by Crippen LogP contribution is -2.31. The van der Waals surface area contributed by atoms with E-state index in [4.69, 9.17) is 0 Å². The second kappa shape index (κ2) is 4.49. The summed E-state index contributed by atoms with van der Waals surface area (Å²) in [6, 6.07) is 6.64. The van der Waals surface area contributed by atoms with Gasteiger partial charge >= 0.3 is 0 Å². The van der Waals surface area contributed by atoms with Gasteiger partial charge in [0.2, 0.25) is 0 Å². The van der Waals surface area contributed by atoms with Crippen molar-refractivity contribution in [3.05, 3.63) is 34.4 Å². The van der Waals surface area contributed by atoms with Gasteiger partial charge in [0.25, 0.3) is 5.69 Å². The van der Waals surface area contributed by atoms with Gasteiger partial charge in [0.15, 0.2) is 0 Å². The largest absolute Gasteiger partial charge is 0.394 e. The Morgan fingerprint density at radius 1 is 1.44 bits per heavy atom. The van der Waals surface area contributed by atoms with Gasteiger partial charge in [0.1, 0.15) is 0 Å². The standard InChI is InChI=1S/C11H14N2O3/c14-8-11-2-1-7-12(11)9-3-5-10(6-4-9)13(15)16/h3-6,11,14H,1-2,7-8H2. The average Bonchev–Trinajstić information content (AvgIpc) is 2.77. The molecule has 2 rings (SSSR count). The lowest BCUT2D eigenvalue weighted by Gasteiger charge is -2.24. The summed E-state index contributed by atoms with van der Waals surface area (Å²) in [5.41, 5.74) is 1.05. The van der Waals surface area contributed by atoms with E-state index >= 15 is 0 Å². The summed E-state index contributed by atoms with van der Waals surface area (Å²) in [6.45, 7) is 1.04. The van der Waals surface area contributed by atoms with Gasteiger partial charge in [0, 0.05) is 24.4 Å². The molecular weight excluding hydrogens is 208 g/mol. The fraction of sp³-hybridized carbons (Fsp3) is 0.455. The van der Waals surface area contributed by atoms with Crippen molar-refractivity contribution in [2.24, 2.45) is 0 Å². The Labute approximate surface area is 93.5 Å². The van der Waals surface area contributed by atoms with Gasteiger partial charge in [-0.3, -0.25) is 10.1 Å². The van der Waals surface area contributed by atoms with Crippen LogP contribution in [0.2, 0.25) is 0 Å². The Morgan fingerprint density at radius 2 is 2.12 bits per heavy atom. The third-order valence-electron chi connectivity index (χ3n) is 2.98. The highest BCUT2D eigenvalue weighted by Gasteiger charge is 2.24. The minimum atomic E-state index is -0.405. The highest BCUT2D eigenvalue weighted by atomic mass is 16.6. The summed E-state index contributed by atoms with van der Waals surface area (Å²) in [7, 11) is 0. The first-order chi connectivity index (χ1) is 7.72. The van der Waals surface area contributed by atoms with Crippen molar-refractivity contribution >= 4 is 11.4 Å². The normalized spacial score (nSPS) is 20.1.